The van der Waals surface area contributed by atoms with Gasteiger partial charge in [0.2, 0.25) is 0 Å². The zero-order valence-electron chi connectivity index (χ0n) is 15.3. The van der Waals surface area contributed by atoms with Crippen molar-refractivity contribution in [2.75, 3.05) is 20.1 Å². The molecule has 0 unspecified atom stereocenters. The van der Waals surface area contributed by atoms with Crippen LogP contribution in [0.1, 0.15) is 53.1 Å². The standard InChI is InChI=1S/C21H28N2O2/c1-17-10-11-20(25-17)16-22(2)21(24)19-9-7-8-18(14-19)15-23-12-5-3-4-6-13-23/h7-11,14H,3-6,12-13,15-16H2,1-2H3. The molecular formula is C21H28N2O2. The Morgan fingerprint density at radius 2 is 1.88 bits per heavy atom. The zero-order chi connectivity index (χ0) is 17.6. The van der Waals surface area contributed by atoms with Crippen LogP contribution < -0.4 is 0 Å². The lowest BCUT2D eigenvalue weighted by atomic mass is 10.1. The summed E-state index contributed by atoms with van der Waals surface area (Å²) in [6, 6.07) is 11.9. The lowest BCUT2D eigenvalue weighted by molar-refractivity contribution is 0.0775. The Hall–Kier alpha value is -2.07. The molecule has 4 nitrogen and oxygen atoms in total. The molecule has 0 bridgehead atoms. The molecule has 2 heterocycles. The Balaban J connectivity index is 1.64. The Morgan fingerprint density at radius 1 is 1.12 bits per heavy atom. The summed E-state index contributed by atoms with van der Waals surface area (Å²) in [6.07, 6.45) is 5.24. The molecule has 0 radical (unpaired) electrons. The van der Waals surface area contributed by atoms with Crippen molar-refractivity contribution >= 4 is 5.91 Å². The van der Waals surface area contributed by atoms with E-state index in [0.29, 0.717) is 6.54 Å². The van der Waals surface area contributed by atoms with E-state index in [4.69, 9.17) is 4.42 Å². The van der Waals surface area contributed by atoms with Gasteiger partial charge >= 0.3 is 0 Å². The van der Waals surface area contributed by atoms with Crippen LogP contribution in [-0.2, 0) is 13.1 Å². The van der Waals surface area contributed by atoms with Crippen LogP contribution in [0, 0.1) is 6.92 Å². The minimum Gasteiger partial charge on any atom is -0.464 e. The second-order valence-electron chi connectivity index (χ2n) is 7.06. The molecule has 1 aliphatic heterocycles. The first kappa shape index (κ1) is 17.7. The van der Waals surface area contributed by atoms with Gasteiger partial charge in [-0.3, -0.25) is 9.69 Å². The molecular weight excluding hydrogens is 312 g/mol. The maximum absolute atomic E-state index is 12.7. The Kier molecular flexibility index (Phi) is 5.92. The predicted octanol–water partition coefficient (Wildman–Crippen LogP) is 4.24. The highest BCUT2D eigenvalue weighted by Gasteiger charge is 2.15. The van der Waals surface area contributed by atoms with Crippen molar-refractivity contribution < 1.29 is 9.21 Å². The molecule has 1 saturated heterocycles. The molecule has 134 valence electrons. The van der Waals surface area contributed by atoms with Crippen LogP contribution in [0.25, 0.3) is 0 Å². The van der Waals surface area contributed by atoms with Crippen molar-refractivity contribution in [2.24, 2.45) is 0 Å². The van der Waals surface area contributed by atoms with Crippen molar-refractivity contribution in [1.29, 1.82) is 0 Å². The van der Waals surface area contributed by atoms with Crippen LogP contribution in [0.15, 0.2) is 40.8 Å². The van der Waals surface area contributed by atoms with Gasteiger partial charge in [0.05, 0.1) is 6.54 Å². The highest BCUT2D eigenvalue weighted by molar-refractivity contribution is 5.94. The van der Waals surface area contributed by atoms with E-state index in [0.717, 1.165) is 36.7 Å². The molecule has 0 N–H and O–H groups in total. The average molecular weight is 340 g/mol. The van der Waals surface area contributed by atoms with Crippen molar-refractivity contribution in [3.05, 3.63) is 59.0 Å². The van der Waals surface area contributed by atoms with Crippen LogP contribution in [0.3, 0.4) is 0 Å². The van der Waals surface area contributed by atoms with Gasteiger partial charge in [0.1, 0.15) is 11.5 Å². The second kappa shape index (κ2) is 8.34. The molecule has 2 aromatic rings. The fourth-order valence-electron chi connectivity index (χ4n) is 3.45. The second-order valence-corrected chi connectivity index (χ2v) is 7.06. The minimum atomic E-state index is 0.0340. The number of carbonyl (C=O) groups is 1. The number of nitrogens with zero attached hydrogens (tertiary/aromatic N) is 2. The van der Waals surface area contributed by atoms with E-state index < -0.39 is 0 Å². The third kappa shape index (κ3) is 4.95. The number of furan rings is 1. The van der Waals surface area contributed by atoms with Crippen LogP contribution in [0.5, 0.6) is 0 Å². The summed E-state index contributed by atoms with van der Waals surface area (Å²) in [5, 5.41) is 0. The number of hydrogen-bond donors (Lipinski definition) is 0. The smallest absolute Gasteiger partial charge is 0.254 e. The summed E-state index contributed by atoms with van der Waals surface area (Å²) in [6.45, 7) is 5.66. The highest BCUT2D eigenvalue weighted by Crippen LogP contribution is 2.16. The summed E-state index contributed by atoms with van der Waals surface area (Å²) in [5.74, 6) is 1.72. The molecule has 1 amide bonds. The Morgan fingerprint density at radius 3 is 2.56 bits per heavy atom. The highest BCUT2D eigenvalue weighted by atomic mass is 16.3. The van der Waals surface area contributed by atoms with Crippen molar-refractivity contribution in [3.63, 3.8) is 0 Å². The molecule has 1 fully saturated rings. The monoisotopic (exact) mass is 340 g/mol. The van der Waals surface area contributed by atoms with Gasteiger partial charge in [-0.15, -0.1) is 0 Å². The first-order chi connectivity index (χ1) is 12.1. The number of amides is 1. The summed E-state index contributed by atoms with van der Waals surface area (Å²) < 4.78 is 5.58. The SMILES string of the molecule is Cc1ccc(CN(C)C(=O)c2cccc(CN3CCCCCC3)c2)o1. The van der Waals surface area contributed by atoms with Crippen molar-refractivity contribution in [1.82, 2.24) is 9.80 Å². The molecule has 0 aliphatic carbocycles. The molecule has 4 heteroatoms. The Bertz CT molecular complexity index is 699. The van der Waals surface area contributed by atoms with Gasteiger partial charge in [0.25, 0.3) is 5.91 Å². The number of aryl methyl sites for hydroxylation is 1. The number of rotatable bonds is 5. The van der Waals surface area contributed by atoms with E-state index >= 15 is 0 Å². The first-order valence-corrected chi connectivity index (χ1v) is 9.24. The van der Waals surface area contributed by atoms with Crippen LogP contribution in [0.4, 0.5) is 0 Å². The number of benzene rings is 1. The van der Waals surface area contributed by atoms with Gasteiger partial charge in [-0.1, -0.05) is 25.0 Å². The molecule has 25 heavy (non-hydrogen) atoms. The molecule has 3 rings (SSSR count). The predicted molar refractivity (Wildman–Crippen MR) is 99.4 cm³/mol. The third-order valence-corrected chi connectivity index (χ3v) is 4.81. The fourth-order valence-corrected chi connectivity index (χ4v) is 3.45. The Labute approximate surface area is 150 Å². The van der Waals surface area contributed by atoms with E-state index in [-0.39, 0.29) is 5.91 Å². The van der Waals surface area contributed by atoms with E-state index in [2.05, 4.69) is 11.0 Å². The van der Waals surface area contributed by atoms with E-state index in [1.165, 1.54) is 31.2 Å². The van der Waals surface area contributed by atoms with Gasteiger partial charge in [-0.05, 0) is 62.7 Å². The van der Waals surface area contributed by atoms with Crippen LogP contribution >= 0.6 is 0 Å². The van der Waals surface area contributed by atoms with E-state index in [1.54, 1.807) is 4.90 Å². The largest absolute Gasteiger partial charge is 0.464 e. The zero-order valence-corrected chi connectivity index (χ0v) is 15.3. The molecule has 1 aromatic carbocycles. The molecule has 0 saturated carbocycles. The first-order valence-electron chi connectivity index (χ1n) is 9.24. The van der Waals surface area contributed by atoms with E-state index in [9.17, 15) is 4.79 Å². The third-order valence-electron chi connectivity index (χ3n) is 4.81. The van der Waals surface area contributed by atoms with Gasteiger partial charge in [-0.2, -0.15) is 0 Å². The van der Waals surface area contributed by atoms with Gasteiger partial charge < -0.3 is 9.32 Å². The van der Waals surface area contributed by atoms with Crippen molar-refractivity contribution in [3.8, 4) is 0 Å². The molecule has 0 spiro atoms. The summed E-state index contributed by atoms with van der Waals surface area (Å²) in [4.78, 5) is 16.9. The summed E-state index contributed by atoms with van der Waals surface area (Å²) in [5.41, 5.74) is 1.97. The van der Waals surface area contributed by atoms with E-state index in [1.807, 2.05) is 44.3 Å². The molecule has 1 aliphatic rings. The van der Waals surface area contributed by atoms with Crippen LogP contribution in [0.2, 0.25) is 0 Å². The van der Waals surface area contributed by atoms with Gasteiger partial charge in [0, 0.05) is 19.2 Å². The maximum Gasteiger partial charge on any atom is 0.254 e. The lowest BCUT2D eigenvalue weighted by Crippen LogP contribution is -2.27. The van der Waals surface area contributed by atoms with Gasteiger partial charge in [0.15, 0.2) is 0 Å². The van der Waals surface area contributed by atoms with Crippen molar-refractivity contribution in [2.45, 2.75) is 45.7 Å². The number of hydrogen-bond acceptors (Lipinski definition) is 3. The summed E-state index contributed by atoms with van der Waals surface area (Å²) >= 11 is 0. The average Bonchev–Trinajstić information content (AvgIpc) is 2.85. The van der Waals surface area contributed by atoms with Crippen LogP contribution in [-0.4, -0.2) is 35.8 Å². The summed E-state index contributed by atoms with van der Waals surface area (Å²) in [7, 11) is 1.82. The topological polar surface area (TPSA) is 36.7 Å². The lowest BCUT2D eigenvalue weighted by Gasteiger charge is -2.21. The number of likely N-dealkylation sites (tertiary alicyclic amines) is 1. The molecule has 1 aromatic heterocycles. The fraction of sp³-hybridized carbons (Fsp3) is 0.476. The quantitative estimate of drug-likeness (QED) is 0.817. The maximum atomic E-state index is 12.7. The minimum absolute atomic E-state index is 0.0340. The normalized spacial score (nSPS) is 15.8. The molecule has 0 atom stereocenters. The number of carbonyl (C=O) groups excluding carboxylic acids is 1. The van der Waals surface area contributed by atoms with Gasteiger partial charge in [-0.25, -0.2) is 0 Å².